The lowest BCUT2D eigenvalue weighted by Gasteiger charge is -2.17. The van der Waals surface area contributed by atoms with Crippen LogP contribution in [0, 0.1) is 5.92 Å². The smallest absolute Gasteiger partial charge is 0.369 e. The first-order valence-electron chi connectivity index (χ1n) is 7.14. The normalized spacial score (nSPS) is 23.5. The van der Waals surface area contributed by atoms with Crippen LogP contribution in [0.2, 0.25) is 0 Å². The number of anilines is 1. The zero-order valence-electron chi connectivity index (χ0n) is 11.5. The Kier molecular flexibility index (Phi) is 4.14. The second-order valence-corrected chi connectivity index (χ2v) is 6.72. The molecule has 2 fully saturated rings. The lowest BCUT2D eigenvalue weighted by molar-refractivity contribution is -0.137. The van der Waals surface area contributed by atoms with Crippen molar-refractivity contribution in [1.29, 1.82) is 0 Å². The molecule has 2 aliphatic rings. The predicted octanol–water partition coefficient (Wildman–Crippen LogP) is 3.76. The standard InChI is InChI=1S/C14H17BrF3N3/c15-10-5-12(14(16,17)18)13(20-7-10)19-6-9-3-4-21(8-9)11-1-2-11/h5,7,9,11H,1-4,6,8H2,(H,19,20). The van der Waals surface area contributed by atoms with Gasteiger partial charge in [-0.25, -0.2) is 4.98 Å². The molecule has 1 unspecified atom stereocenters. The Balaban J connectivity index is 1.62. The number of rotatable bonds is 4. The fourth-order valence-corrected chi connectivity index (χ4v) is 3.17. The lowest BCUT2D eigenvalue weighted by Crippen LogP contribution is -2.25. The average molecular weight is 364 g/mol. The summed E-state index contributed by atoms with van der Waals surface area (Å²) in [5, 5.41) is 2.89. The van der Waals surface area contributed by atoms with Crippen molar-refractivity contribution in [2.45, 2.75) is 31.5 Å². The van der Waals surface area contributed by atoms with E-state index in [1.165, 1.54) is 19.0 Å². The van der Waals surface area contributed by atoms with Crippen LogP contribution in [0.15, 0.2) is 16.7 Å². The predicted molar refractivity (Wildman–Crippen MR) is 78.1 cm³/mol. The van der Waals surface area contributed by atoms with Crippen LogP contribution in [-0.2, 0) is 6.18 Å². The van der Waals surface area contributed by atoms with Gasteiger partial charge in [-0.2, -0.15) is 13.2 Å². The summed E-state index contributed by atoms with van der Waals surface area (Å²) in [7, 11) is 0. The van der Waals surface area contributed by atoms with E-state index >= 15 is 0 Å². The van der Waals surface area contributed by atoms with Crippen LogP contribution in [0.3, 0.4) is 0 Å². The number of hydrogen-bond acceptors (Lipinski definition) is 3. The van der Waals surface area contributed by atoms with Gasteiger partial charge < -0.3 is 10.2 Å². The molecule has 1 aliphatic heterocycles. The van der Waals surface area contributed by atoms with E-state index in [4.69, 9.17) is 0 Å². The van der Waals surface area contributed by atoms with Crippen molar-refractivity contribution in [3.8, 4) is 0 Å². The molecule has 1 aromatic rings. The van der Waals surface area contributed by atoms with Gasteiger partial charge in [0.1, 0.15) is 5.82 Å². The molecule has 1 atom stereocenters. The van der Waals surface area contributed by atoms with Gasteiger partial charge in [0.2, 0.25) is 0 Å². The summed E-state index contributed by atoms with van der Waals surface area (Å²) in [6.07, 6.45) is 0.582. The third-order valence-electron chi connectivity index (χ3n) is 4.10. The van der Waals surface area contributed by atoms with Crippen molar-refractivity contribution in [2.75, 3.05) is 25.0 Å². The van der Waals surface area contributed by atoms with Crippen LogP contribution in [0.1, 0.15) is 24.8 Å². The van der Waals surface area contributed by atoms with Crippen LogP contribution in [-0.4, -0.2) is 35.6 Å². The van der Waals surface area contributed by atoms with Crippen molar-refractivity contribution in [2.24, 2.45) is 5.92 Å². The second-order valence-electron chi connectivity index (χ2n) is 5.81. The molecule has 0 radical (unpaired) electrons. The van der Waals surface area contributed by atoms with Gasteiger partial charge in [0.15, 0.2) is 0 Å². The van der Waals surface area contributed by atoms with E-state index in [2.05, 4.69) is 31.1 Å². The third kappa shape index (κ3) is 3.69. The van der Waals surface area contributed by atoms with Crippen molar-refractivity contribution < 1.29 is 13.2 Å². The summed E-state index contributed by atoms with van der Waals surface area (Å²) < 4.78 is 39.3. The largest absolute Gasteiger partial charge is 0.419 e. The minimum atomic E-state index is -4.39. The Morgan fingerprint density at radius 2 is 2.10 bits per heavy atom. The Morgan fingerprint density at radius 1 is 1.33 bits per heavy atom. The Labute approximate surface area is 130 Å². The molecular weight excluding hydrogens is 347 g/mol. The number of alkyl halides is 3. The molecule has 1 saturated carbocycles. The fourth-order valence-electron chi connectivity index (χ4n) is 2.84. The highest BCUT2D eigenvalue weighted by atomic mass is 79.9. The minimum absolute atomic E-state index is 0.0735. The van der Waals surface area contributed by atoms with E-state index in [0.29, 0.717) is 16.9 Å². The number of likely N-dealkylation sites (tertiary alicyclic amines) is 1. The molecule has 3 rings (SSSR count). The Hall–Kier alpha value is -0.820. The zero-order valence-corrected chi connectivity index (χ0v) is 13.0. The number of nitrogens with one attached hydrogen (secondary N) is 1. The number of hydrogen-bond donors (Lipinski definition) is 1. The molecule has 3 nitrogen and oxygen atoms in total. The SMILES string of the molecule is FC(F)(F)c1cc(Br)cnc1NCC1CCN(C2CC2)C1. The summed E-state index contributed by atoms with van der Waals surface area (Å²) in [5.74, 6) is 0.327. The van der Waals surface area contributed by atoms with Gasteiger partial charge >= 0.3 is 6.18 Å². The molecule has 1 aromatic heterocycles. The van der Waals surface area contributed by atoms with Crippen molar-refractivity contribution in [3.63, 3.8) is 0 Å². The first kappa shape index (κ1) is 15.1. The molecule has 1 N–H and O–H groups in total. The number of halogens is 4. The molecule has 0 bridgehead atoms. The Morgan fingerprint density at radius 3 is 2.76 bits per heavy atom. The fraction of sp³-hybridized carbons (Fsp3) is 0.643. The van der Waals surface area contributed by atoms with Gasteiger partial charge in [0.25, 0.3) is 0 Å². The highest BCUT2D eigenvalue weighted by Crippen LogP contribution is 2.36. The van der Waals surface area contributed by atoms with Crippen molar-refractivity contribution >= 4 is 21.7 Å². The summed E-state index contributed by atoms with van der Waals surface area (Å²) in [4.78, 5) is 6.33. The summed E-state index contributed by atoms with van der Waals surface area (Å²) in [6.45, 7) is 2.59. The lowest BCUT2D eigenvalue weighted by atomic mass is 10.1. The summed E-state index contributed by atoms with van der Waals surface area (Å²) >= 11 is 3.04. The summed E-state index contributed by atoms with van der Waals surface area (Å²) in [5.41, 5.74) is -0.714. The van der Waals surface area contributed by atoms with Crippen molar-refractivity contribution in [1.82, 2.24) is 9.88 Å². The highest BCUT2D eigenvalue weighted by Gasteiger charge is 2.36. The van der Waals surface area contributed by atoms with Crippen LogP contribution in [0.5, 0.6) is 0 Å². The molecule has 0 spiro atoms. The number of pyridine rings is 1. The zero-order chi connectivity index (χ0) is 15.0. The number of aromatic nitrogens is 1. The van der Waals surface area contributed by atoms with Crippen LogP contribution >= 0.6 is 15.9 Å². The maximum absolute atomic E-state index is 13.0. The van der Waals surface area contributed by atoms with E-state index < -0.39 is 11.7 Å². The van der Waals surface area contributed by atoms with E-state index in [1.54, 1.807) is 0 Å². The van der Waals surface area contributed by atoms with Crippen molar-refractivity contribution in [3.05, 3.63) is 22.3 Å². The molecule has 2 heterocycles. The maximum atomic E-state index is 13.0. The molecule has 21 heavy (non-hydrogen) atoms. The average Bonchev–Trinajstić information content (AvgIpc) is 3.16. The third-order valence-corrected chi connectivity index (χ3v) is 4.53. The molecule has 1 saturated heterocycles. The highest BCUT2D eigenvalue weighted by molar-refractivity contribution is 9.10. The monoisotopic (exact) mass is 363 g/mol. The first-order valence-corrected chi connectivity index (χ1v) is 7.93. The van der Waals surface area contributed by atoms with Gasteiger partial charge in [-0.3, -0.25) is 0 Å². The Bertz CT molecular complexity index is 517. The minimum Gasteiger partial charge on any atom is -0.369 e. The molecular formula is C14H17BrF3N3. The van der Waals surface area contributed by atoms with Crippen LogP contribution in [0.4, 0.5) is 19.0 Å². The van der Waals surface area contributed by atoms with Crippen LogP contribution < -0.4 is 5.32 Å². The molecule has 1 aliphatic carbocycles. The van der Waals surface area contributed by atoms with E-state index in [0.717, 1.165) is 31.6 Å². The maximum Gasteiger partial charge on any atom is 0.419 e. The van der Waals surface area contributed by atoms with E-state index in [1.807, 2.05) is 0 Å². The van der Waals surface area contributed by atoms with Gasteiger partial charge in [-0.05, 0) is 53.7 Å². The first-order chi connectivity index (χ1) is 9.93. The molecule has 0 amide bonds. The molecule has 0 aromatic carbocycles. The summed E-state index contributed by atoms with van der Waals surface area (Å²) in [6, 6.07) is 1.80. The molecule has 7 heteroatoms. The van der Waals surface area contributed by atoms with Gasteiger partial charge in [-0.1, -0.05) is 0 Å². The topological polar surface area (TPSA) is 28.2 Å². The van der Waals surface area contributed by atoms with E-state index in [9.17, 15) is 13.2 Å². The molecule has 116 valence electrons. The second kappa shape index (κ2) is 5.76. The van der Waals surface area contributed by atoms with E-state index in [-0.39, 0.29) is 5.82 Å². The quantitative estimate of drug-likeness (QED) is 0.882. The van der Waals surface area contributed by atoms with Gasteiger partial charge in [0.05, 0.1) is 5.56 Å². The number of nitrogens with zero attached hydrogens (tertiary/aromatic N) is 2. The van der Waals surface area contributed by atoms with Crippen LogP contribution in [0.25, 0.3) is 0 Å². The van der Waals surface area contributed by atoms with Gasteiger partial charge in [-0.15, -0.1) is 0 Å². The van der Waals surface area contributed by atoms with Gasteiger partial charge in [0, 0.05) is 29.8 Å².